The number of carbonyl (C=O) groups excluding carboxylic acids is 1. The Morgan fingerprint density at radius 1 is 1.23 bits per heavy atom. The number of nitrogens with zero attached hydrogens (tertiary/aromatic N) is 2. The number of hydrogen-bond acceptors (Lipinski definition) is 4. The summed E-state index contributed by atoms with van der Waals surface area (Å²) in [4.78, 5) is 25.0. The molecule has 0 radical (unpaired) electrons. The van der Waals surface area contributed by atoms with Crippen molar-refractivity contribution < 1.29 is 28.2 Å². The first kappa shape index (κ1) is 24.0. The average Bonchev–Trinajstić information content (AvgIpc) is 2.73. The van der Waals surface area contributed by atoms with Gasteiger partial charge in [-0.3, -0.25) is 9.69 Å². The van der Waals surface area contributed by atoms with Gasteiger partial charge >= 0.3 is 6.03 Å². The Bertz CT molecular complexity index is 682. The number of halogens is 2. The van der Waals surface area contributed by atoms with Gasteiger partial charge in [0.05, 0.1) is 6.61 Å². The van der Waals surface area contributed by atoms with Crippen LogP contribution in [-0.4, -0.2) is 73.3 Å². The molecule has 2 heterocycles. The predicted octanol–water partition coefficient (Wildman–Crippen LogP) is 2.70. The molecule has 7 nitrogen and oxygen atoms in total. The molecule has 2 fully saturated rings. The fraction of sp³-hybridized carbons (Fsp3) is 0.619. The minimum atomic E-state index is -0.814. The summed E-state index contributed by atoms with van der Waals surface area (Å²) in [7, 11) is 1.70. The summed E-state index contributed by atoms with van der Waals surface area (Å²) < 4.78 is 31.6. The zero-order valence-corrected chi connectivity index (χ0v) is 17.4. The summed E-state index contributed by atoms with van der Waals surface area (Å²) in [5.74, 6) is -1.19. The van der Waals surface area contributed by atoms with Crippen LogP contribution in [0, 0.1) is 17.6 Å². The van der Waals surface area contributed by atoms with Crippen molar-refractivity contribution in [3.05, 3.63) is 35.4 Å². The molecule has 2 aliphatic heterocycles. The maximum Gasteiger partial charge on any atom is 0.317 e. The van der Waals surface area contributed by atoms with E-state index < -0.39 is 11.6 Å². The van der Waals surface area contributed by atoms with Crippen LogP contribution in [0.25, 0.3) is 0 Å². The van der Waals surface area contributed by atoms with E-state index in [1.165, 1.54) is 12.1 Å². The van der Waals surface area contributed by atoms with E-state index in [4.69, 9.17) is 14.6 Å². The molecule has 0 aromatic heterocycles. The topological polar surface area (TPSA) is 82.1 Å². The first-order valence-electron chi connectivity index (χ1n) is 10.2. The van der Waals surface area contributed by atoms with Crippen molar-refractivity contribution >= 4 is 12.5 Å². The molecule has 1 atom stereocenters. The zero-order valence-electron chi connectivity index (χ0n) is 17.4. The van der Waals surface area contributed by atoms with Gasteiger partial charge in [0.15, 0.2) is 11.6 Å². The van der Waals surface area contributed by atoms with E-state index in [9.17, 15) is 13.6 Å². The molecule has 168 valence electrons. The second-order valence-electron chi connectivity index (χ2n) is 7.76. The minimum absolute atomic E-state index is 0.0230. The summed E-state index contributed by atoms with van der Waals surface area (Å²) in [6, 6.07) is 4.25. The quantitative estimate of drug-likeness (QED) is 0.706. The molecular weight excluding hydrogens is 396 g/mol. The Balaban J connectivity index is 0.00000101. The molecule has 9 heteroatoms. The monoisotopic (exact) mass is 427 g/mol. The Morgan fingerprint density at radius 3 is 2.57 bits per heavy atom. The maximum absolute atomic E-state index is 13.3. The molecule has 2 amide bonds. The molecule has 0 bridgehead atoms. The van der Waals surface area contributed by atoms with Gasteiger partial charge in [-0.2, -0.15) is 0 Å². The molecule has 1 aromatic carbocycles. The van der Waals surface area contributed by atoms with E-state index in [1.807, 2.05) is 4.90 Å². The number of rotatable bonds is 5. The Hall–Kier alpha value is -2.26. The molecule has 2 N–H and O–H groups in total. The first-order chi connectivity index (χ1) is 14.5. The number of nitrogens with one attached hydrogen (secondary N) is 1. The van der Waals surface area contributed by atoms with Gasteiger partial charge < -0.3 is 20.1 Å². The zero-order chi connectivity index (χ0) is 21.9. The van der Waals surface area contributed by atoms with Gasteiger partial charge in [0.25, 0.3) is 6.47 Å². The van der Waals surface area contributed by atoms with Crippen molar-refractivity contribution in [1.82, 2.24) is 15.1 Å². The van der Waals surface area contributed by atoms with Crippen molar-refractivity contribution in [2.75, 3.05) is 39.9 Å². The lowest BCUT2D eigenvalue weighted by molar-refractivity contribution is -0.122. The Kier molecular flexibility index (Phi) is 9.96. The van der Waals surface area contributed by atoms with Gasteiger partial charge in [0.1, 0.15) is 0 Å². The van der Waals surface area contributed by atoms with Crippen molar-refractivity contribution in [2.45, 2.75) is 38.3 Å². The second kappa shape index (κ2) is 12.4. The number of methoxy groups -OCH3 is 1. The molecule has 0 saturated carbocycles. The Labute approximate surface area is 176 Å². The molecule has 1 unspecified atom stereocenters. The molecule has 0 spiro atoms. The maximum atomic E-state index is 13.3. The lowest BCUT2D eigenvalue weighted by atomic mass is 9.99. The third kappa shape index (κ3) is 7.53. The highest BCUT2D eigenvalue weighted by molar-refractivity contribution is 5.74. The lowest BCUT2D eigenvalue weighted by Crippen LogP contribution is -2.51. The van der Waals surface area contributed by atoms with E-state index >= 15 is 0 Å². The number of urea groups is 1. The lowest BCUT2D eigenvalue weighted by Gasteiger charge is -2.36. The van der Waals surface area contributed by atoms with Crippen LogP contribution in [0.2, 0.25) is 0 Å². The van der Waals surface area contributed by atoms with Crippen molar-refractivity contribution in [3.8, 4) is 0 Å². The SMILES string of the molecule is COCC1CCCN(C(=O)NC2CCN(Cc3ccc(F)c(F)c3)CC2)C1.O=CO. The fourth-order valence-corrected chi connectivity index (χ4v) is 4.02. The van der Waals surface area contributed by atoms with Crippen molar-refractivity contribution in [2.24, 2.45) is 5.92 Å². The van der Waals surface area contributed by atoms with Crippen LogP contribution < -0.4 is 5.32 Å². The number of ether oxygens (including phenoxy) is 1. The predicted molar refractivity (Wildman–Crippen MR) is 108 cm³/mol. The molecule has 2 aliphatic rings. The number of benzene rings is 1. The van der Waals surface area contributed by atoms with E-state index in [-0.39, 0.29) is 18.5 Å². The molecule has 30 heavy (non-hydrogen) atoms. The highest BCUT2D eigenvalue weighted by Gasteiger charge is 2.26. The minimum Gasteiger partial charge on any atom is -0.483 e. The number of amides is 2. The van der Waals surface area contributed by atoms with Crippen LogP contribution in [0.4, 0.5) is 13.6 Å². The number of piperidine rings is 2. The van der Waals surface area contributed by atoms with Gasteiger partial charge in [-0.1, -0.05) is 6.07 Å². The smallest absolute Gasteiger partial charge is 0.317 e. The van der Waals surface area contributed by atoms with Gasteiger partial charge in [-0.15, -0.1) is 0 Å². The van der Waals surface area contributed by atoms with Gasteiger partial charge in [-0.05, 0) is 43.4 Å². The number of likely N-dealkylation sites (tertiary alicyclic amines) is 2. The standard InChI is InChI=1S/C20H29F2N3O2.CH2O2/c1-27-14-16-3-2-8-25(13-16)20(26)23-17-6-9-24(10-7-17)12-15-4-5-18(21)19(22)11-15;2-1-3/h4-5,11,16-17H,2-3,6-10,12-14H2,1H3,(H,23,26);1H,(H,2,3). The summed E-state index contributed by atoms with van der Waals surface area (Å²) >= 11 is 0. The highest BCUT2D eigenvalue weighted by Crippen LogP contribution is 2.19. The first-order valence-corrected chi connectivity index (χ1v) is 10.2. The van der Waals surface area contributed by atoms with Crippen LogP contribution in [-0.2, 0) is 16.1 Å². The molecule has 3 rings (SSSR count). The summed E-state index contributed by atoms with van der Waals surface area (Å²) in [5.41, 5.74) is 0.772. The summed E-state index contributed by atoms with van der Waals surface area (Å²) in [5, 5.41) is 10.1. The second-order valence-corrected chi connectivity index (χ2v) is 7.76. The van der Waals surface area contributed by atoms with Crippen LogP contribution in [0.3, 0.4) is 0 Å². The van der Waals surface area contributed by atoms with E-state index in [1.54, 1.807) is 13.2 Å². The summed E-state index contributed by atoms with van der Waals surface area (Å²) in [6.45, 7) is 4.27. The fourth-order valence-electron chi connectivity index (χ4n) is 4.02. The van der Waals surface area contributed by atoms with Gasteiger partial charge in [0, 0.05) is 51.8 Å². The van der Waals surface area contributed by atoms with E-state index in [0.717, 1.165) is 57.4 Å². The number of carboxylic acid groups (broad SMARTS) is 1. The highest BCUT2D eigenvalue weighted by atomic mass is 19.2. The number of hydrogen-bond donors (Lipinski definition) is 2. The van der Waals surface area contributed by atoms with Crippen LogP contribution in [0.1, 0.15) is 31.2 Å². The van der Waals surface area contributed by atoms with Gasteiger partial charge in [-0.25, -0.2) is 13.6 Å². The molecular formula is C21H31F2N3O4. The van der Waals surface area contributed by atoms with E-state index in [2.05, 4.69) is 10.2 Å². The van der Waals surface area contributed by atoms with Crippen LogP contribution in [0.15, 0.2) is 18.2 Å². The molecule has 2 saturated heterocycles. The third-order valence-corrected chi connectivity index (χ3v) is 5.51. The van der Waals surface area contributed by atoms with Crippen LogP contribution >= 0.6 is 0 Å². The van der Waals surface area contributed by atoms with E-state index in [0.29, 0.717) is 19.1 Å². The average molecular weight is 427 g/mol. The molecule has 0 aliphatic carbocycles. The largest absolute Gasteiger partial charge is 0.483 e. The summed E-state index contributed by atoms with van der Waals surface area (Å²) in [6.07, 6.45) is 3.86. The third-order valence-electron chi connectivity index (χ3n) is 5.51. The van der Waals surface area contributed by atoms with Gasteiger partial charge in [0.2, 0.25) is 0 Å². The van der Waals surface area contributed by atoms with Crippen molar-refractivity contribution in [3.63, 3.8) is 0 Å². The number of carbonyl (C=O) groups is 2. The molecule has 1 aromatic rings. The van der Waals surface area contributed by atoms with Crippen LogP contribution in [0.5, 0.6) is 0 Å². The Morgan fingerprint density at radius 2 is 1.93 bits per heavy atom. The van der Waals surface area contributed by atoms with Crippen molar-refractivity contribution in [1.29, 1.82) is 0 Å². The normalized spacial score (nSPS) is 20.2.